The summed E-state index contributed by atoms with van der Waals surface area (Å²) in [4.78, 5) is 26.5. The molecule has 2 aliphatic heterocycles. The molecule has 0 amide bonds. The van der Waals surface area contributed by atoms with Gasteiger partial charge in [-0.2, -0.15) is 0 Å². The van der Waals surface area contributed by atoms with Crippen LogP contribution in [-0.2, 0) is 9.53 Å². The Morgan fingerprint density at radius 2 is 2.00 bits per heavy atom. The summed E-state index contributed by atoms with van der Waals surface area (Å²) >= 11 is 1.43. The number of hydrogen-bond acceptors (Lipinski definition) is 5. The van der Waals surface area contributed by atoms with Crippen molar-refractivity contribution >= 4 is 28.8 Å². The summed E-state index contributed by atoms with van der Waals surface area (Å²) in [6.45, 7) is 2.02. The first kappa shape index (κ1) is 12.7. The van der Waals surface area contributed by atoms with E-state index < -0.39 is 0 Å². The van der Waals surface area contributed by atoms with Gasteiger partial charge in [-0.3, -0.25) is 4.79 Å². The van der Waals surface area contributed by atoms with Gasteiger partial charge in [0.05, 0.1) is 12.8 Å². The van der Waals surface area contributed by atoms with Crippen molar-refractivity contribution in [3.8, 4) is 0 Å². The zero-order valence-electron chi connectivity index (χ0n) is 11.1. The van der Waals surface area contributed by atoms with E-state index >= 15 is 0 Å². The molecule has 2 fully saturated rings. The quantitative estimate of drug-likeness (QED) is 0.781. The number of anilines is 1. The van der Waals surface area contributed by atoms with Crippen molar-refractivity contribution in [1.29, 1.82) is 0 Å². The lowest BCUT2D eigenvalue weighted by Gasteiger charge is -2.36. The number of methoxy groups -OCH3 is 1. The van der Waals surface area contributed by atoms with Gasteiger partial charge in [0.1, 0.15) is 10.7 Å². The molecule has 2 bridgehead atoms. The van der Waals surface area contributed by atoms with Gasteiger partial charge in [-0.25, -0.2) is 4.79 Å². The molecule has 0 saturated carbocycles. The van der Waals surface area contributed by atoms with Crippen LogP contribution >= 0.6 is 11.3 Å². The Kier molecular flexibility index (Phi) is 3.09. The zero-order valence-corrected chi connectivity index (χ0v) is 12.0. The highest BCUT2D eigenvalue weighted by Crippen LogP contribution is 2.43. The van der Waals surface area contributed by atoms with Crippen LogP contribution in [-0.4, -0.2) is 30.9 Å². The van der Waals surface area contributed by atoms with E-state index in [4.69, 9.17) is 4.74 Å². The van der Waals surface area contributed by atoms with E-state index in [1.54, 1.807) is 0 Å². The van der Waals surface area contributed by atoms with Gasteiger partial charge in [0.2, 0.25) is 0 Å². The van der Waals surface area contributed by atoms with Gasteiger partial charge >= 0.3 is 5.97 Å². The fraction of sp³-hybridized carbons (Fsp3) is 0.571. The standard InChI is InChI=1S/C14H17NO3S/c1-8-7-19-13(14(17)18-2)12(8)15-9-3-4-10(15)6-11(16)5-9/h7,9-10H,3-6H2,1-2H3. The Hall–Kier alpha value is -1.36. The van der Waals surface area contributed by atoms with E-state index in [-0.39, 0.29) is 18.1 Å². The van der Waals surface area contributed by atoms with Crippen molar-refractivity contribution in [3.05, 3.63) is 15.8 Å². The number of hydrogen-bond donors (Lipinski definition) is 0. The second kappa shape index (κ2) is 4.63. The highest BCUT2D eigenvalue weighted by molar-refractivity contribution is 7.12. The molecule has 19 heavy (non-hydrogen) atoms. The van der Waals surface area contributed by atoms with E-state index in [9.17, 15) is 9.59 Å². The average Bonchev–Trinajstić information content (AvgIpc) is 2.87. The lowest BCUT2D eigenvalue weighted by atomic mass is 10.00. The molecule has 0 aromatic carbocycles. The van der Waals surface area contributed by atoms with Crippen molar-refractivity contribution in [2.75, 3.05) is 12.0 Å². The minimum absolute atomic E-state index is 0.267. The molecule has 2 saturated heterocycles. The summed E-state index contributed by atoms with van der Waals surface area (Å²) in [5.74, 6) is 0.0839. The minimum atomic E-state index is -0.274. The molecule has 0 spiro atoms. The number of ketones is 1. The number of carbonyl (C=O) groups excluding carboxylic acids is 2. The molecule has 4 nitrogen and oxygen atoms in total. The lowest BCUT2D eigenvalue weighted by Crippen LogP contribution is -2.44. The van der Waals surface area contributed by atoms with Gasteiger partial charge in [-0.1, -0.05) is 0 Å². The number of aryl methyl sites for hydroxylation is 1. The topological polar surface area (TPSA) is 46.6 Å². The van der Waals surface area contributed by atoms with E-state index in [1.807, 2.05) is 12.3 Å². The van der Waals surface area contributed by atoms with Crippen molar-refractivity contribution in [2.45, 2.75) is 44.7 Å². The molecule has 3 heterocycles. The molecular formula is C14H17NO3S. The van der Waals surface area contributed by atoms with E-state index in [0.717, 1.165) is 24.1 Å². The number of Topliss-reactive ketones (excluding diaryl/α,β-unsaturated/α-hetero) is 1. The molecule has 0 aliphatic carbocycles. The van der Waals surface area contributed by atoms with Crippen LogP contribution in [0.25, 0.3) is 0 Å². The Bertz CT molecular complexity index is 521. The third kappa shape index (κ3) is 1.96. The molecule has 3 rings (SSSR count). The lowest BCUT2D eigenvalue weighted by molar-refractivity contribution is -0.120. The molecule has 0 radical (unpaired) electrons. The van der Waals surface area contributed by atoms with Crippen molar-refractivity contribution in [3.63, 3.8) is 0 Å². The Labute approximate surface area is 116 Å². The molecule has 1 aromatic rings. The fourth-order valence-corrected chi connectivity index (χ4v) is 4.30. The molecule has 2 aliphatic rings. The van der Waals surface area contributed by atoms with E-state index in [0.29, 0.717) is 23.5 Å². The zero-order chi connectivity index (χ0) is 13.6. The smallest absolute Gasteiger partial charge is 0.350 e. The Morgan fingerprint density at radius 1 is 1.37 bits per heavy atom. The monoisotopic (exact) mass is 279 g/mol. The first-order chi connectivity index (χ1) is 9.11. The van der Waals surface area contributed by atoms with Crippen molar-refractivity contribution in [1.82, 2.24) is 0 Å². The summed E-state index contributed by atoms with van der Waals surface area (Å²) in [6.07, 6.45) is 3.33. The summed E-state index contributed by atoms with van der Waals surface area (Å²) in [5.41, 5.74) is 2.11. The first-order valence-electron chi connectivity index (χ1n) is 6.58. The summed E-state index contributed by atoms with van der Waals surface area (Å²) in [7, 11) is 1.41. The number of rotatable bonds is 2. The number of ether oxygens (including phenoxy) is 1. The number of fused-ring (bicyclic) bond motifs is 2. The summed E-state index contributed by atoms with van der Waals surface area (Å²) in [6, 6.07) is 0.533. The van der Waals surface area contributed by atoms with Crippen molar-refractivity contribution < 1.29 is 14.3 Å². The molecule has 5 heteroatoms. The van der Waals surface area contributed by atoms with Crippen LogP contribution in [0, 0.1) is 6.92 Å². The SMILES string of the molecule is COC(=O)c1scc(C)c1N1C2CCC1CC(=O)C2. The predicted molar refractivity (Wildman–Crippen MR) is 73.9 cm³/mol. The molecule has 1 aromatic heterocycles. The van der Waals surface area contributed by atoms with Gasteiger partial charge in [0.25, 0.3) is 0 Å². The maximum atomic E-state index is 11.9. The minimum Gasteiger partial charge on any atom is -0.465 e. The normalized spacial score (nSPS) is 25.8. The average molecular weight is 279 g/mol. The van der Waals surface area contributed by atoms with Gasteiger partial charge in [-0.15, -0.1) is 11.3 Å². The van der Waals surface area contributed by atoms with Crippen LogP contribution < -0.4 is 4.90 Å². The van der Waals surface area contributed by atoms with Gasteiger partial charge < -0.3 is 9.64 Å². The molecule has 0 N–H and O–H groups in total. The van der Waals surface area contributed by atoms with Crippen LogP contribution in [0.15, 0.2) is 5.38 Å². The van der Waals surface area contributed by atoms with E-state index in [1.165, 1.54) is 18.4 Å². The predicted octanol–water partition coefficient (Wildman–Crippen LogP) is 2.54. The van der Waals surface area contributed by atoms with E-state index in [2.05, 4.69) is 4.90 Å². The maximum Gasteiger partial charge on any atom is 0.350 e. The molecular weight excluding hydrogens is 262 g/mol. The van der Waals surface area contributed by atoms with Gasteiger partial charge in [0.15, 0.2) is 0 Å². The highest BCUT2D eigenvalue weighted by Gasteiger charge is 2.42. The number of carbonyl (C=O) groups is 2. The van der Waals surface area contributed by atoms with Crippen LogP contribution in [0.1, 0.15) is 40.9 Å². The van der Waals surface area contributed by atoms with Crippen molar-refractivity contribution in [2.24, 2.45) is 0 Å². The maximum absolute atomic E-state index is 11.9. The third-order valence-corrected chi connectivity index (χ3v) is 5.18. The number of nitrogens with zero attached hydrogens (tertiary/aromatic N) is 1. The fourth-order valence-electron chi connectivity index (χ4n) is 3.33. The van der Waals surface area contributed by atoms with Crippen LogP contribution in [0.2, 0.25) is 0 Å². The van der Waals surface area contributed by atoms with Crippen LogP contribution in [0.5, 0.6) is 0 Å². The van der Waals surface area contributed by atoms with Gasteiger partial charge in [0, 0.05) is 24.9 Å². The summed E-state index contributed by atoms with van der Waals surface area (Å²) in [5, 5.41) is 2.00. The first-order valence-corrected chi connectivity index (χ1v) is 7.46. The van der Waals surface area contributed by atoms with Crippen LogP contribution in [0.3, 0.4) is 0 Å². The van der Waals surface area contributed by atoms with Gasteiger partial charge in [-0.05, 0) is 30.7 Å². The van der Waals surface area contributed by atoms with Crippen LogP contribution in [0.4, 0.5) is 5.69 Å². The second-order valence-electron chi connectivity index (χ2n) is 5.33. The molecule has 2 unspecified atom stereocenters. The largest absolute Gasteiger partial charge is 0.465 e. The second-order valence-corrected chi connectivity index (χ2v) is 6.21. The highest BCUT2D eigenvalue weighted by atomic mass is 32.1. The third-order valence-electron chi connectivity index (χ3n) is 4.12. The number of piperidine rings is 1. The number of esters is 1. The molecule has 102 valence electrons. The summed E-state index contributed by atoms with van der Waals surface area (Å²) < 4.78 is 4.87. The Morgan fingerprint density at radius 3 is 2.58 bits per heavy atom. The Balaban J connectivity index is 2.01. The molecule has 2 atom stereocenters. The number of thiophene rings is 1.